The molecule has 0 aliphatic heterocycles. The summed E-state index contributed by atoms with van der Waals surface area (Å²) in [6.45, 7) is 11.3. The van der Waals surface area contributed by atoms with E-state index < -0.39 is 0 Å². The van der Waals surface area contributed by atoms with Crippen LogP contribution in [0, 0.1) is 0 Å². The van der Waals surface area contributed by atoms with E-state index in [1.165, 1.54) is 0 Å². The summed E-state index contributed by atoms with van der Waals surface area (Å²) in [6.07, 6.45) is 23.7. The Balaban J connectivity index is 3.85. The largest absolute Gasteiger partial charge is 0.353 e. The third-order valence-corrected chi connectivity index (χ3v) is 4.74. The lowest BCUT2D eigenvalue weighted by Gasteiger charge is -2.26. The van der Waals surface area contributed by atoms with Gasteiger partial charge in [-0.15, -0.1) is 6.58 Å². The Bertz CT molecular complexity index is 547. The Morgan fingerprint density at radius 2 is 1.53 bits per heavy atom. The van der Waals surface area contributed by atoms with E-state index >= 15 is 0 Å². The number of amides is 2. The molecule has 0 radical (unpaired) electrons. The second-order valence-corrected chi connectivity index (χ2v) is 7.80. The minimum Gasteiger partial charge on any atom is -0.353 e. The van der Waals surface area contributed by atoms with Crippen LogP contribution in [0.2, 0.25) is 0 Å². The highest BCUT2D eigenvalue weighted by Crippen LogP contribution is 2.08. The van der Waals surface area contributed by atoms with Crippen LogP contribution in [0.25, 0.3) is 0 Å². The fourth-order valence-corrected chi connectivity index (χ4v) is 2.99. The van der Waals surface area contributed by atoms with Crippen LogP contribution < -0.4 is 5.32 Å². The zero-order chi connectivity index (χ0) is 22.5. The first-order chi connectivity index (χ1) is 14.5. The predicted octanol–water partition coefficient (Wildman–Crippen LogP) is 6.12. The Kier molecular flexibility index (Phi) is 18.8. The molecule has 2 amide bonds. The van der Waals surface area contributed by atoms with Crippen LogP contribution >= 0.6 is 0 Å². The molecule has 0 spiro atoms. The lowest BCUT2D eigenvalue weighted by Crippen LogP contribution is -2.37. The Hall–Kier alpha value is -2.10. The Morgan fingerprint density at radius 3 is 2.13 bits per heavy atom. The number of carbonyl (C=O) groups excluding carboxylic acids is 2. The molecule has 0 saturated carbocycles. The molecule has 30 heavy (non-hydrogen) atoms. The van der Waals surface area contributed by atoms with Crippen molar-refractivity contribution in [2.45, 2.75) is 91.0 Å². The van der Waals surface area contributed by atoms with Crippen molar-refractivity contribution in [3.8, 4) is 0 Å². The number of hydrogen-bond acceptors (Lipinski definition) is 2. The first kappa shape index (κ1) is 27.9. The SMILES string of the molecule is C=CCNC(=O)CCCC=CCC=CCC=CCCN(C(=O)CCCCC)C(C)C. The minimum absolute atomic E-state index is 0.0901. The van der Waals surface area contributed by atoms with Crippen LogP contribution in [-0.4, -0.2) is 35.8 Å². The summed E-state index contributed by atoms with van der Waals surface area (Å²) in [5.41, 5.74) is 0. The minimum atomic E-state index is 0.0901. The molecule has 0 saturated heterocycles. The molecular formula is C26H44N2O2. The first-order valence-electron chi connectivity index (χ1n) is 11.6. The van der Waals surface area contributed by atoms with Gasteiger partial charge in [-0.25, -0.2) is 0 Å². The maximum absolute atomic E-state index is 12.3. The monoisotopic (exact) mass is 416 g/mol. The van der Waals surface area contributed by atoms with Crippen LogP contribution in [0.4, 0.5) is 0 Å². The predicted molar refractivity (Wildman–Crippen MR) is 129 cm³/mol. The van der Waals surface area contributed by atoms with E-state index in [9.17, 15) is 9.59 Å². The topological polar surface area (TPSA) is 49.4 Å². The Morgan fingerprint density at radius 1 is 0.900 bits per heavy atom. The fourth-order valence-electron chi connectivity index (χ4n) is 2.99. The van der Waals surface area contributed by atoms with E-state index in [-0.39, 0.29) is 17.9 Å². The van der Waals surface area contributed by atoms with Gasteiger partial charge in [0.1, 0.15) is 0 Å². The van der Waals surface area contributed by atoms with Gasteiger partial charge in [0, 0.05) is 32.0 Å². The average Bonchev–Trinajstić information content (AvgIpc) is 2.72. The quantitative estimate of drug-likeness (QED) is 0.216. The van der Waals surface area contributed by atoms with Crippen LogP contribution in [0.5, 0.6) is 0 Å². The second kappa shape index (κ2) is 20.2. The number of nitrogens with zero attached hydrogens (tertiary/aromatic N) is 1. The smallest absolute Gasteiger partial charge is 0.222 e. The average molecular weight is 417 g/mol. The van der Waals surface area contributed by atoms with Crippen molar-refractivity contribution in [3.63, 3.8) is 0 Å². The van der Waals surface area contributed by atoms with Crippen LogP contribution in [0.1, 0.15) is 85.0 Å². The molecule has 0 aromatic carbocycles. The van der Waals surface area contributed by atoms with Crippen LogP contribution in [-0.2, 0) is 9.59 Å². The van der Waals surface area contributed by atoms with Crippen LogP contribution in [0.15, 0.2) is 49.1 Å². The molecule has 0 rings (SSSR count). The summed E-state index contributed by atoms with van der Waals surface area (Å²) in [5.74, 6) is 0.378. The van der Waals surface area contributed by atoms with Crippen molar-refractivity contribution in [3.05, 3.63) is 49.1 Å². The van der Waals surface area contributed by atoms with Gasteiger partial charge in [-0.3, -0.25) is 9.59 Å². The molecule has 0 aliphatic rings. The zero-order valence-corrected chi connectivity index (χ0v) is 19.6. The van der Waals surface area contributed by atoms with Gasteiger partial charge in [0.05, 0.1) is 0 Å². The highest BCUT2D eigenvalue weighted by Gasteiger charge is 2.15. The standard InChI is InChI=1S/C26H44N2O2/c1-5-7-17-21-26(30)28(24(3)4)23-19-16-14-12-10-8-9-11-13-15-18-20-25(29)27-22-6-2/h6,8,10-11,13-14,16,24H,2,5,7,9,12,15,17-23H2,1,3-4H3,(H,27,29). The van der Waals surface area contributed by atoms with Crippen molar-refractivity contribution in [1.29, 1.82) is 0 Å². The van der Waals surface area contributed by atoms with Gasteiger partial charge < -0.3 is 10.2 Å². The molecule has 0 aromatic heterocycles. The maximum atomic E-state index is 12.3. The molecule has 4 heteroatoms. The van der Waals surface area contributed by atoms with Crippen molar-refractivity contribution < 1.29 is 9.59 Å². The molecular weight excluding hydrogens is 372 g/mol. The molecule has 0 heterocycles. The van der Waals surface area contributed by atoms with Gasteiger partial charge in [-0.2, -0.15) is 0 Å². The second-order valence-electron chi connectivity index (χ2n) is 7.80. The molecule has 170 valence electrons. The number of hydrogen-bond donors (Lipinski definition) is 1. The van der Waals surface area contributed by atoms with E-state index in [0.29, 0.717) is 19.4 Å². The van der Waals surface area contributed by atoms with Gasteiger partial charge >= 0.3 is 0 Å². The normalized spacial score (nSPS) is 11.7. The summed E-state index contributed by atoms with van der Waals surface area (Å²) >= 11 is 0. The Labute approximate surface area is 185 Å². The van der Waals surface area contributed by atoms with Gasteiger partial charge in [0.2, 0.25) is 11.8 Å². The van der Waals surface area contributed by atoms with Crippen molar-refractivity contribution in [2.75, 3.05) is 13.1 Å². The van der Waals surface area contributed by atoms with Crippen molar-refractivity contribution >= 4 is 11.8 Å². The molecule has 0 atom stereocenters. The summed E-state index contributed by atoms with van der Waals surface area (Å²) < 4.78 is 0. The van der Waals surface area contributed by atoms with Crippen molar-refractivity contribution in [1.82, 2.24) is 10.2 Å². The van der Waals surface area contributed by atoms with Gasteiger partial charge in [-0.1, -0.05) is 62.3 Å². The van der Waals surface area contributed by atoms with E-state index in [0.717, 1.165) is 57.9 Å². The van der Waals surface area contributed by atoms with E-state index in [4.69, 9.17) is 0 Å². The number of unbranched alkanes of at least 4 members (excludes halogenated alkanes) is 3. The summed E-state index contributed by atoms with van der Waals surface area (Å²) in [7, 11) is 0. The number of allylic oxidation sites excluding steroid dienone is 5. The molecule has 0 bridgehead atoms. The highest BCUT2D eigenvalue weighted by atomic mass is 16.2. The van der Waals surface area contributed by atoms with Gasteiger partial charge in [-0.05, 0) is 52.4 Å². The third kappa shape index (κ3) is 16.8. The van der Waals surface area contributed by atoms with E-state index in [2.05, 4.69) is 69.1 Å². The third-order valence-electron chi connectivity index (χ3n) is 4.74. The summed E-state index contributed by atoms with van der Waals surface area (Å²) in [4.78, 5) is 25.8. The van der Waals surface area contributed by atoms with Crippen LogP contribution in [0.3, 0.4) is 0 Å². The molecule has 0 aromatic rings. The lowest BCUT2D eigenvalue weighted by atomic mass is 10.1. The number of carbonyl (C=O) groups is 2. The fraction of sp³-hybridized carbons (Fsp3) is 0.615. The number of nitrogens with one attached hydrogen (secondary N) is 1. The molecule has 0 fully saturated rings. The first-order valence-corrected chi connectivity index (χ1v) is 11.6. The van der Waals surface area contributed by atoms with Gasteiger partial charge in [0.25, 0.3) is 0 Å². The maximum Gasteiger partial charge on any atom is 0.222 e. The molecule has 0 unspecified atom stereocenters. The van der Waals surface area contributed by atoms with E-state index in [1.54, 1.807) is 6.08 Å². The number of rotatable bonds is 18. The zero-order valence-electron chi connectivity index (χ0n) is 19.6. The highest BCUT2D eigenvalue weighted by molar-refractivity contribution is 5.76. The van der Waals surface area contributed by atoms with Gasteiger partial charge in [0.15, 0.2) is 0 Å². The summed E-state index contributed by atoms with van der Waals surface area (Å²) in [5, 5.41) is 2.78. The molecule has 0 aliphatic carbocycles. The lowest BCUT2D eigenvalue weighted by molar-refractivity contribution is -0.133. The van der Waals surface area contributed by atoms with Crippen molar-refractivity contribution in [2.24, 2.45) is 0 Å². The molecule has 1 N–H and O–H groups in total. The van der Waals surface area contributed by atoms with E-state index in [1.807, 2.05) is 4.90 Å². The summed E-state index contributed by atoms with van der Waals surface area (Å²) in [6, 6.07) is 0.265. The molecule has 4 nitrogen and oxygen atoms in total.